The van der Waals surface area contributed by atoms with Crippen LogP contribution in [0.2, 0.25) is 0 Å². The second-order valence-corrected chi connectivity index (χ2v) is 3.71. The Morgan fingerprint density at radius 1 is 1.28 bits per heavy atom. The van der Waals surface area contributed by atoms with Crippen molar-refractivity contribution in [1.82, 2.24) is 10.2 Å². The van der Waals surface area contributed by atoms with E-state index in [-0.39, 0.29) is 0 Å². The Morgan fingerprint density at radius 3 is 2.89 bits per heavy atom. The molecule has 0 bridgehead atoms. The molecule has 0 radical (unpaired) electrons. The van der Waals surface area contributed by atoms with Crippen molar-refractivity contribution in [1.29, 1.82) is 0 Å². The fraction of sp³-hybridized carbons (Fsp3) is 0.231. The van der Waals surface area contributed by atoms with Crippen LogP contribution in [-0.2, 0) is 22.6 Å². The van der Waals surface area contributed by atoms with Gasteiger partial charge in [0, 0.05) is 18.2 Å². The van der Waals surface area contributed by atoms with E-state index in [4.69, 9.17) is 4.74 Å². The number of ether oxygens (including phenoxy) is 2. The molecule has 2 rings (SSSR count). The molecule has 0 fully saturated rings. The quantitative estimate of drug-likeness (QED) is 0.596. The van der Waals surface area contributed by atoms with Gasteiger partial charge in [-0.05, 0) is 5.56 Å². The van der Waals surface area contributed by atoms with Gasteiger partial charge in [0.2, 0.25) is 5.88 Å². The summed E-state index contributed by atoms with van der Waals surface area (Å²) >= 11 is 0. The van der Waals surface area contributed by atoms with Crippen molar-refractivity contribution in [3.63, 3.8) is 0 Å². The normalized spacial score (nSPS) is 10.0. The smallest absolute Gasteiger partial charge is 0.293 e. The second kappa shape index (κ2) is 6.44. The molecule has 1 heterocycles. The number of benzene rings is 1. The first kappa shape index (κ1) is 12.2. The second-order valence-electron chi connectivity index (χ2n) is 3.71. The van der Waals surface area contributed by atoms with Crippen molar-refractivity contribution in [2.45, 2.75) is 13.0 Å². The van der Waals surface area contributed by atoms with Gasteiger partial charge in [-0.25, -0.2) is 0 Å². The fourth-order valence-electron chi connectivity index (χ4n) is 1.55. The summed E-state index contributed by atoms with van der Waals surface area (Å²) in [6.07, 6.45) is 2.33. The van der Waals surface area contributed by atoms with Crippen LogP contribution >= 0.6 is 0 Å². The molecule has 0 aliphatic heterocycles. The Hall–Kier alpha value is -2.30. The number of rotatable bonds is 7. The highest BCUT2D eigenvalue weighted by molar-refractivity contribution is 5.37. The summed E-state index contributed by atoms with van der Waals surface area (Å²) in [6, 6.07) is 9.86. The lowest BCUT2D eigenvalue weighted by atomic mass is 10.2. The topological polar surface area (TPSA) is 64.2 Å². The molecule has 0 spiro atoms. The Bertz CT molecular complexity index is 482. The monoisotopic (exact) mass is 246 g/mol. The maximum atomic E-state index is 10.1. The highest BCUT2D eigenvalue weighted by Crippen LogP contribution is 2.16. The van der Waals surface area contributed by atoms with Crippen LogP contribution in [-0.4, -0.2) is 23.3 Å². The molecule has 0 amide bonds. The first-order valence-electron chi connectivity index (χ1n) is 5.65. The highest BCUT2D eigenvalue weighted by atomic mass is 16.5. The molecule has 94 valence electrons. The minimum atomic E-state index is 0.324. The van der Waals surface area contributed by atoms with Crippen LogP contribution in [0.3, 0.4) is 0 Å². The first-order chi connectivity index (χ1) is 8.90. The van der Waals surface area contributed by atoms with Crippen LogP contribution in [0.15, 0.2) is 36.5 Å². The molecular formula is C13H14N2O3. The average Bonchev–Trinajstić information content (AvgIpc) is 2.86. The van der Waals surface area contributed by atoms with Crippen LogP contribution in [0.4, 0.5) is 0 Å². The SMILES string of the molecule is O=COCCc1c[nH]nc1OCc1ccccc1. The van der Waals surface area contributed by atoms with Gasteiger partial charge in [-0.1, -0.05) is 30.3 Å². The van der Waals surface area contributed by atoms with E-state index in [0.717, 1.165) is 11.1 Å². The van der Waals surface area contributed by atoms with Crippen molar-refractivity contribution >= 4 is 6.47 Å². The van der Waals surface area contributed by atoms with Gasteiger partial charge in [-0.15, -0.1) is 5.10 Å². The van der Waals surface area contributed by atoms with E-state index in [0.29, 0.717) is 32.0 Å². The van der Waals surface area contributed by atoms with Gasteiger partial charge in [0.15, 0.2) is 0 Å². The van der Waals surface area contributed by atoms with Crippen LogP contribution in [0.25, 0.3) is 0 Å². The van der Waals surface area contributed by atoms with Gasteiger partial charge < -0.3 is 9.47 Å². The predicted molar refractivity (Wildman–Crippen MR) is 65.1 cm³/mol. The third kappa shape index (κ3) is 3.35. The lowest BCUT2D eigenvalue weighted by molar-refractivity contribution is -0.128. The van der Waals surface area contributed by atoms with E-state index >= 15 is 0 Å². The summed E-state index contributed by atoms with van der Waals surface area (Å²) < 4.78 is 10.3. The Morgan fingerprint density at radius 2 is 2.11 bits per heavy atom. The zero-order chi connectivity index (χ0) is 12.6. The van der Waals surface area contributed by atoms with Crippen LogP contribution in [0.1, 0.15) is 11.1 Å². The summed E-state index contributed by atoms with van der Waals surface area (Å²) in [5.41, 5.74) is 1.98. The van der Waals surface area contributed by atoms with Crippen molar-refractivity contribution < 1.29 is 14.3 Å². The molecule has 18 heavy (non-hydrogen) atoms. The van der Waals surface area contributed by atoms with Crippen LogP contribution in [0, 0.1) is 0 Å². The predicted octanol–water partition coefficient (Wildman–Crippen LogP) is 1.70. The number of hydrogen-bond acceptors (Lipinski definition) is 4. The van der Waals surface area contributed by atoms with Crippen LogP contribution < -0.4 is 4.74 Å². The molecule has 0 atom stereocenters. The molecule has 0 unspecified atom stereocenters. The standard InChI is InChI=1S/C13H14N2O3/c16-10-17-7-6-12-8-14-15-13(12)18-9-11-4-2-1-3-5-11/h1-5,8,10H,6-7,9H2,(H,14,15). The number of aromatic nitrogens is 2. The molecule has 0 saturated carbocycles. The van der Waals surface area contributed by atoms with Crippen molar-refractivity contribution in [3.05, 3.63) is 47.7 Å². The molecule has 0 saturated heterocycles. The number of carbonyl (C=O) groups is 1. The molecule has 2 aromatic rings. The van der Waals surface area contributed by atoms with Crippen LogP contribution in [0.5, 0.6) is 5.88 Å². The lowest BCUT2D eigenvalue weighted by Crippen LogP contribution is -2.00. The maximum Gasteiger partial charge on any atom is 0.293 e. The molecule has 5 heteroatoms. The largest absolute Gasteiger partial charge is 0.472 e. The minimum absolute atomic E-state index is 0.324. The van der Waals surface area contributed by atoms with Gasteiger partial charge in [0.25, 0.3) is 6.47 Å². The lowest BCUT2D eigenvalue weighted by Gasteiger charge is -2.05. The van der Waals surface area contributed by atoms with Crippen molar-refractivity contribution in [2.75, 3.05) is 6.61 Å². The average molecular weight is 246 g/mol. The van der Waals surface area contributed by atoms with E-state index in [1.54, 1.807) is 6.20 Å². The van der Waals surface area contributed by atoms with Gasteiger partial charge in [-0.2, -0.15) is 0 Å². The van der Waals surface area contributed by atoms with Crippen molar-refractivity contribution in [3.8, 4) is 5.88 Å². The zero-order valence-corrected chi connectivity index (χ0v) is 9.83. The van der Waals surface area contributed by atoms with Crippen molar-refractivity contribution in [2.24, 2.45) is 0 Å². The number of H-pyrrole nitrogens is 1. The number of carbonyl (C=O) groups excluding carboxylic acids is 1. The summed E-state index contributed by atoms with van der Waals surface area (Å²) in [4.78, 5) is 10.1. The highest BCUT2D eigenvalue weighted by Gasteiger charge is 2.07. The fourth-order valence-corrected chi connectivity index (χ4v) is 1.55. The van der Waals surface area contributed by atoms with Gasteiger partial charge in [0.1, 0.15) is 6.61 Å². The third-order valence-electron chi connectivity index (χ3n) is 2.46. The summed E-state index contributed by atoms with van der Waals surface area (Å²) in [6.45, 7) is 1.22. The number of nitrogens with one attached hydrogen (secondary N) is 1. The maximum absolute atomic E-state index is 10.1. The Balaban J connectivity index is 1.89. The molecule has 1 N–H and O–H groups in total. The molecule has 0 aliphatic carbocycles. The number of nitrogens with zero attached hydrogens (tertiary/aromatic N) is 1. The number of aromatic amines is 1. The van der Waals surface area contributed by atoms with E-state index < -0.39 is 0 Å². The van der Waals surface area contributed by atoms with Gasteiger partial charge >= 0.3 is 0 Å². The Labute approximate surface area is 105 Å². The number of hydrogen-bond donors (Lipinski definition) is 1. The summed E-state index contributed by atoms with van der Waals surface area (Å²) in [7, 11) is 0. The van der Waals surface area contributed by atoms with E-state index in [1.807, 2.05) is 30.3 Å². The van der Waals surface area contributed by atoms with E-state index in [1.165, 1.54) is 0 Å². The zero-order valence-electron chi connectivity index (χ0n) is 9.83. The third-order valence-corrected chi connectivity index (χ3v) is 2.46. The molecule has 5 nitrogen and oxygen atoms in total. The van der Waals surface area contributed by atoms with Gasteiger partial charge in [-0.3, -0.25) is 9.89 Å². The van der Waals surface area contributed by atoms with E-state index in [9.17, 15) is 4.79 Å². The molecule has 0 aliphatic rings. The molecule has 1 aromatic heterocycles. The minimum Gasteiger partial charge on any atom is -0.472 e. The molecular weight excluding hydrogens is 232 g/mol. The Kier molecular flexibility index (Phi) is 4.35. The van der Waals surface area contributed by atoms with E-state index in [2.05, 4.69) is 14.9 Å². The summed E-state index contributed by atoms with van der Waals surface area (Å²) in [5.74, 6) is 0.549. The summed E-state index contributed by atoms with van der Waals surface area (Å²) in [5, 5.41) is 6.76. The van der Waals surface area contributed by atoms with Gasteiger partial charge in [0.05, 0.1) is 6.61 Å². The first-order valence-corrected chi connectivity index (χ1v) is 5.65. The molecule has 1 aromatic carbocycles.